The molecule has 10 N–H and O–H groups in total. The van der Waals surface area contributed by atoms with Crippen LogP contribution in [0.25, 0.3) is 0 Å². The Labute approximate surface area is 239 Å². The van der Waals surface area contributed by atoms with Crippen molar-refractivity contribution in [2.75, 3.05) is 64.6 Å². The van der Waals surface area contributed by atoms with Crippen LogP contribution in [0.5, 0.6) is 0 Å². The molecular formula is C24H38N10O3S2. The highest BCUT2D eigenvalue weighted by molar-refractivity contribution is 7.80. The molecular weight excluding hydrogens is 540 g/mol. The molecule has 1 aromatic carbocycles. The molecule has 0 unspecified atom stereocenters. The summed E-state index contributed by atoms with van der Waals surface area (Å²) < 4.78 is 0. The van der Waals surface area contributed by atoms with Gasteiger partial charge in [0, 0.05) is 77.8 Å². The number of hydrogen-bond donors (Lipinski definition) is 10. The third-order valence-corrected chi connectivity index (χ3v) is 6.70. The minimum Gasteiger partial charge on any atom is -0.481 e. The van der Waals surface area contributed by atoms with Crippen molar-refractivity contribution in [2.24, 2.45) is 4.99 Å². The fraction of sp³-hybridized carbons (Fsp3) is 0.583. The highest BCUT2D eigenvalue weighted by Gasteiger charge is 2.34. The van der Waals surface area contributed by atoms with Gasteiger partial charge in [0.2, 0.25) is 5.91 Å². The van der Waals surface area contributed by atoms with Crippen molar-refractivity contribution in [3.8, 4) is 0 Å². The highest BCUT2D eigenvalue weighted by Crippen LogP contribution is 2.16. The maximum absolute atomic E-state index is 12.7. The summed E-state index contributed by atoms with van der Waals surface area (Å²) in [5.41, 5.74) is 0.492. The molecule has 39 heavy (non-hydrogen) atoms. The third kappa shape index (κ3) is 10.8. The minimum atomic E-state index is -0.903. The Morgan fingerprint density at radius 3 is 1.79 bits per heavy atom. The lowest BCUT2D eigenvalue weighted by atomic mass is 9.97. The van der Waals surface area contributed by atoms with E-state index in [1.165, 1.54) is 0 Å². The zero-order chi connectivity index (χ0) is 28.0. The van der Waals surface area contributed by atoms with Gasteiger partial charge < -0.3 is 53.0 Å². The summed E-state index contributed by atoms with van der Waals surface area (Å²) in [6.07, 6.45) is 0.434. The van der Waals surface area contributed by atoms with E-state index in [2.05, 4.69) is 70.2 Å². The average Bonchev–Trinajstić information content (AvgIpc) is 2.87. The maximum Gasteiger partial charge on any atom is 0.303 e. The molecule has 1 aromatic rings. The zero-order valence-corrected chi connectivity index (χ0v) is 23.5. The number of amides is 1. The SMILES string of the molecule is O=C(O)CCCC(=O)NC12CNCNCC(NC(=S)Nc3ccc(N=C=S)cc3)(CNCNC1)CNCNC2. The lowest BCUT2D eigenvalue weighted by Gasteiger charge is -2.41. The summed E-state index contributed by atoms with van der Waals surface area (Å²) in [5, 5.41) is 42.3. The predicted octanol–water partition coefficient (Wildman–Crippen LogP) is -1.01. The van der Waals surface area contributed by atoms with Gasteiger partial charge in [0.1, 0.15) is 0 Å². The molecule has 0 aromatic heterocycles. The van der Waals surface area contributed by atoms with E-state index < -0.39 is 17.0 Å². The van der Waals surface area contributed by atoms with Crippen molar-refractivity contribution >= 4 is 58.0 Å². The van der Waals surface area contributed by atoms with Gasteiger partial charge in [-0.25, -0.2) is 0 Å². The summed E-state index contributed by atoms with van der Waals surface area (Å²) in [6.45, 7) is 4.86. The molecule has 4 rings (SSSR count). The van der Waals surface area contributed by atoms with Crippen LogP contribution in [-0.4, -0.2) is 97.6 Å². The van der Waals surface area contributed by atoms with E-state index in [4.69, 9.17) is 17.3 Å². The van der Waals surface area contributed by atoms with Gasteiger partial charge in [-0.3, -0.25) is 9.59 Å². The molecule has 3 fully saturated rings. The maximum atomic E-state index is 12.7. The van der Waals surface area contributed by atoms with Crippen LogP contribution in [0.3, 0.4) is 0 Å². The van der Waals surface area contributed by atoms with Crippen LogP contribution < -0.4 is 47.9 Å². The van der Waals surface area contributed by atoms with E-state index in [0.717, 1.165) is 11.4 Å². The van der Waals surface area contributed by atoms with Crippen molar-refractivity contribution in [1.29, 1.82) is 0 Å². The number of carboxylic acid groups (broad SMARTS) is 1. The van der Waals surface area contributed by atoms with Crippen molar-refractivity contribution in [3.05, 3.63) is 24.3 Å². The lowest BCUT2D eigenvalue weighted by molar-refractivity contribution is -0.137. The Balaban J connectivity index is 1.64. The fourth-order valence-corrected chi connectivity index (χ4v) is 4.99. The Kier molecular flexibility index (Phi) is 12.6. The molecule has 3 heterocycles. The Bertz CT molecular complexity index is 981. The van der Waals surface area contributed by atoms with E-state index >= 15 is 0 Å². The van der Waals surface area contributed by atoms with E-state index in [9.17, 15) is 9.59 Å². The van der Waals surface area contributed by atoms with Gasteiger partial charge in [0.25, 0.3) is 0 Å². The summed E-state index contributed by atoms with van der Waals surface area (Å²) in [4.78, 5) is 27.4. The number of nitrogens with zero attached hydrogens (tertiary/aromatic N) is 1. The van der Waals surface area contributed by atoms with Gasteiger partial charge in [-0.2, -0.15) is 4.99 Å². The number of benzene rings is 1. The Morgan fingerprint density at radius 2 is 1.33 bits per heavy atom. The number of carbonyl (C=O) groups is 2. The van der Waals surface area contributed by atoms with Crippen LogP contribution in [0.2, 0.25) is 0 Å². The summed E-state index contributed by atoms with van der Waals surface area (Å²) >= 11 is 10.3. The average molecular weight is 579 g/mol. The van der Waals surface area contributed by atoms with E-state index in [1.807, 2.05) is 24.3 Å². The number of aliphatic carboxylic acids is 1. The number of fused-ring (bicyclic) bond motifs is 12. The predicted molar refractivity (Wildman–Crippen MR) is 158 cm³/mol. The largest absolute Gasteiger partial charge is 0.481 e. The molecule has 2 bridgehead atoms. The van der Waals surface area contributed by atoms with Gasteiger partial charge in [0.15, 0.2) is 5.11 Å². The number of isothiocyanates is 1. The molecule has 13 nitrogen and oxygen atoms in total. The van der Waals surface area contributed by atoms with Crippen LogP contribution in [-0.2, 0) is 9.59 Å². The number of carbonyl (C=O) groups excluding carboxylic acids is 1. The Hall–Kier alpha value is -2.59. The second-order valence-corrected chi connectivity index (χ2v) is 10.4. The molecule has 1 amide bonds. The number of rotatable bonds is 8. The van der Waals surface area contributed by atoms with Gasteiger partial charge in [-0.05, 0) is 55.1 Å². The van der Waals surface area contributed by atoms with Crippen LogP contribution in [0, 0.1) is 0 Å². The van der Waals surface area contributed by atoms with Crippen molar-refractivity contribution in [3.63, 3.8) is 0 Å². The zero-order valence-electron chi connectivity index (χ0n) is 21.8. The number of carboxylic acids is 1. The molecule has 0 atom stereocenters. The van der Waals surface area contributed by atoms with Crippen LogP contribution >= 0.6 is 24.4 Å². The molecule has 0 saturated carbocycles. The number of thiocarbonyl (C=S) groups is 2. The summed E-state index contributed by atoms with van der Waals surface area (Å²) in [6, 6.07) is 7.42. The smallest absolute Gasteiger partial charge is 0.303 e. The molecule has 3 aliphatic rings. The molecule has 3 aliphatic heterocycles. The standard InChI is InChI=1S/C24H38N10O3S2/c35-20(2-1-3-21(36)37)33-23-8-25-14-28-11-24(12-29-15-26-9-23,13-30-16-27-10-23)34-22(39)32-19-6-4-18(5-7-19)31-17-38/h4-7,25-30H,1-3,8-16H2,(H,33,35)(H,36,37)(H2,32,34,39). The second kappa shape index (κ2) is 15.9. The van der Waals surface area contributed by atoms with Gasteiger partial charge in [-0.15, -0.1) is 0 Å². The topological polar surface area (TPSA) is 175 Å². The van der Waals surface area contributed by atoms with Gasteiger partial charge >= 0.3 is 5.97 Å². The first-order valence-electron chi connectivity index (χ1n) is 12.9. The molecule has 3 saturated heterocycles. The lowest BCUT2D eigenvalue weighted by Crippen LogP contribution is -2.70. The first-order chi connectivity index (χ1) is 18.8. The fourth-order valence-electron chi connectivity index (χ4n) is 4.55. The monoisotopic (exact) mass is 578 g/mol. The second-order valence-electron chi connectivity index (χ2n) is 9.78. The highest BCUT2D eigenvalue weighted by atomic mass is 32.1. The van der Waals surface area contributed by atoms with Crippen molar-refractivity contribution < 1.29 is 14.7 Å². The van der Waals surface area contributed by atoms with Crippen LogP contribution in [0.15, 0.2) is 29.3 Å². The Morgan fingerprint density at radius 1 is 0.846 bits per heavy atom. The quantitative estimate of drug-likeness (QED) is 0.134. The van der Waals surface area contributed by atoms with Gasteiger partial charge in [0.05, 0.1) is 21.9 Å². The molecule has 0 aliphatic carbocycles. The summed E-state index contributed by atoms with van der Waals surface area (Å²) in [7, 11) is 0. The minimum absolute atomic E-state index is 0.0304. The van der Waals surface area contributed by atoms with Crippen molar-refractivity contribution in [2.45, 2.75) is 30.3 Å². The molecule has 0 radical (unpaired) electrons. The van der Waals surface area contributed by atoms with E-state index in [-0.39, 0.29) is 18.7 Å². The van der Waals surface area contributed by atoms with Crippen LogP contribution in [0.4, 0.5) is 11.4 Å². The first kappa shape index (κ1) is 30.9. The van der Waals surface area contributed by atoms with Crippen LogP contribution in [0.1, 0.15) is 19.3 Å². The van der Waals surface area contributed by atoms with E-state index in [0.29, 0.717) is 70.8 Å². The normalized spacial score (nSPS) is 24.3. The molecule has 214 valence electrons. The third-order valence-electron chi connectivity index (χ3n) is 6.41. The molecule has 15 heteroatoms. The number of anilines is 1. The number of hydrogen-bond acceptors (Lipinski definition) is 11. The first-order valence-corrected chi connectivity index (χ1v) is 13.7. The molecule has 0 spiro atoms. The van der Waals surface area contributed by atoms with Crippen molar-refractivity contribution in [1.82, 2.24) is 42.5 Å². The number of nitrogens with one attached hydrogen (secondary N) is 9. The number of aliphatic imine (C=N–C) groups is 1. The summed E-state index contributed by atoms with van der Waals surface area (Å²) in [5.74, 6) is -1.07. The van der Waals surface area contributed by atoms with E-state index in [1.54, 1.807) is 0 Å². The van der Waals surface area contributed by atoms with Gasteiger partial charge in [-0.1, -0.05) is 0 Å².